The summed E-state index contributed by atoms with van der Waals surface area (Å²) in [6.45, 7) is 0.719. The lowest BCUT2D eigenvalue weighted by atomic mass is 9.81. The second kappa shape index (κ2) is 5.00. The maximum atomic E-state index is 13.5. The van der Waals surface area contributed by atoms with E-state index in [0.29, 0.717) is 5.92 Å². The van der Waals surface area contributed by atoms with Crippen molar-refractivity contribution < 1.29 is 9.13 Å². The Morgan fingerprint density at radius 1 is 1.14 bits per heavy atom. The summed E-state index contributed by atoms with van der Waals surface area (Å²) in [5, 5.41) is 4.27. The lowest BCUT2D eigenvalue weighted by Crippen LogP contribution is -2.29. The predicted octanol–water partition coefficient (Wildman–Crippen LogP) is 4.72. The minimum atomic E-state index is -0.213. The molecular weight excluding hydrogens is 289 g/mol. The lowest BCUT2D eigenvalue weighted by molar-refractivity contribution is 0.0826. The van der Waals surface area contributed by atoms with E-state index in [1.807, 2.05) is 24.3 Å². The Balaban J connectivity index is 1.77. The van der Waals surface area contributed by atoms with Crippen molar-refractivity contribution in [3.8, 4) is 0 Å². The SMILES string of the molecule is Fc1ccc2c(c1)[C@@H]1OCC[C@@H]1[C@H](c1ccc(Cl)cc1)N2. The Morgan fingerprint density at radius 2 is 1.95 bits per heavy atom. The van der Waals surface area contributed by atoms with Crippen molar-refractivity contribution in [2.75, 3.05) is 11.9 Å². The number of benzene rings is 2. The molecule has 2 nitrogen and oxygen atoms in total. The molecule has 1 saturated heterocycles. The standard InChI is InChI=1S/C17H15ClFNO/c18-11-3-1-10(2-4-11)16-13-7-8-21-17(13)14-9-12(19)5-6-15(14)20-16/h1-6,9,13,16-17,20H,7-8H2/t13-,16+,17-/m1/s1. The van der Waals surface area contributed by atoms with E-state index in [-0.39, 0.29) is 18.0 Å². The number of nitrogens with one attached hydrogen (secondary N) is 1. The summed E-state index contributed by atoms with van der Waals surface area (Å²) in [6.07, 6.45) is 0.943. The summed E-state index contributed by atoms with van der Waals surface area (Å²) >= 11 is 5.97. The minimum Gasteiger partial charge on any atom is -0.378 e. The molecule has 0 saturated carbocycles. The minimum absolute atomic E-state index is 0.0300. The van der Waals surface area contributed by atoms with E-state index in [4.69, 9.17) is 16.3 Å². The molecule has 21 heavy (non-hydrogen) atoms. The molecule has 108 valence electrons. The molecule has 2 aromatic carbocycles. The highest BCUT2D eigenvalue weighted by atomic mass is 35.5. The van der Waals surface area contributed by atoms with E-state index in [2.05, 4.69) is 5.32 Å². The van der Waals surface area contributed by atoms with E-state index < -0.39 is 0 Å². The molecular formula is C17H15ClFNO. The lowest BCUT2D eigenvalue weighted by Gasteiger charge is -2.36. The van der Waals surface area contributed by atoms with Gasteiger partial charge in [-0.05, 0) is 42.3 Å². The molecule has 3 atom stereocenters. The van der Waals surface area contributed by atoms with Gasteiger partial charge in [0, 0.05) is 28.8 Å². The van der Waals surface area contributed by atoms with Crippen molar-refractivity contribution in [3.05, 3.63) is 64.4 Å². The molecule has 2 aliphatic rings. The zero-order valence-electron chi connectivity index (χ0n) is 11.4. The molecule has 0 aliphatic carbocycles. The zero-order valence-corrected chi connectivity index (χ0v) is 12.1. The molecule has 2 aliphatic heterocycles. The Kier molecular flexibility index (Phi) is 3.12. The third kappa shape index (κ3) is 2.21. The van der Waals surface area contributed by atoms with E-state index in [1.165, 1.54) is 11.6 Å². The van der Waals surface area contributed by atoms with E-state index in [9.17, 15) is 4.39 Å². The molecule has 4 rings (SSSR count). The van der Waals surface area contributed by atoms with Gasteiger partial charge in [-0.1, -0.05) is 23.7 Å². The summed E-state index contributed by atoms with van der Waals surface area (Å²) in [4.78, 5) is 0. The van der Waals surface area contributed by atoms with Gasteiger partial charge >= 0.3 is 0 Å². The van der Waals surface area contributed by atoms with Gasteiger partial charge in [-0.15, -0.1) is 0 Å². The number of fused-ring (bicyclic) bond motifs is 3. The largest absolute Gasteiger partial charge is 0.378 e. The van der Waals surface area contributed by atoms with Crippen LogP contribution in [0.1, 0.15) is 29.7 Å². The van der Waals surface area contributed by atoms with Crippen molar-refractivity contribution in [1.82, 2.24) is 0 Å². The van der Waals surface area contributed by atoms with Gasteiger partial charge < -0.3 is 10.1 Å². The normalized spacial score (nSPS) is 26.9. The van der Waals surface area contributed by atoms with Crippen LogP contribution in [0.3, 0.4) is 0 Å². The number of rotatable bonds is 1. The van der Waals surface area contributed by atoms with Gasteiger partial charge in [0.15, 0.2) is 0 Å². The van der Waals surface area contributed by atoms with Crippen LogP contribution < -0.4 is 5.32 Å². The van der Waals surface area contributed by atoms with Gasteiger partial charge in [-0.25, -0.2) is 4.39 Å². The van der Waals surface area contributed by atoms with Crippen molar-refractivity contribution >= 4 is 17.3 Å². The van der Waals surface area contributed by atoms with Crippen LogP contribution in [-0.2, 0) is 4.74 Å². The third-order valence-electron chi connectivity index (χ3n) is 4.43. The molecule has 0 spiro atoms. The first-order valence-corrected chi connectivity index (χ1v) is 7.53. The molecule has 1 fully saturated rings. The van der Waals surface area contributed by atoms with Crippen LogP contribution in [0.5, 0.6) is 0 Å². The van der Waals surface area contributed by atoms with Gasteiger partial charge in [0.05, 0.1) is 12.1 Å². The van der Waals surface area contributed by atoms with Crippen LogP contribution in [0.4, 0.5) is 10.1 Å². The highest BCUT2D eigenvalue weighted by Crippen LogP contribution is 2.49. The Labute approximate surface area is 127 Å². The summed E-state index contributed by atoms with van der Waals surface area (Å²) in [5.74, 6) is 0.107. The van der Waals surface area contributed by atoms with E-state index >= 15 is 0 Å². The Morgan fingerprint density at radius 3 is 2.76 bits per heavy atom. The van der Waals surface area contributed by atoms with Crippen LogP contribution >= 0.6 is 11.6 Å². The first-order chi connectivity index (χ1) is 10.2. The molecule has 1 N–H and O–H groups in total. The van der Waals surface area contributed by atoms with Gasteiger partial charge in [-0.2, -0.15) is 0 Å². The van der Waals surface area contributed by atoms with Crippen LogP contribution in [0.2, 0.25) is 5.02 Å². The fourth-order valence-electron chi connectivity index (χ4n) is 3.44. The Hall–Kier alpha value is -1.58. The number of hydrogen-bond acceptors (Lipinski definition) is 2. The van der Waals surface area contributed by atoms with E-state index in [1.54, 1.807) is 12.1 Å². The highest BCUT2D eigenvalue weighted by molar-refractivity contribution is 6.30. The third-order valence-corrected chi connectivity index (χ3v) is 4.68. The van der Waals surface area contributed by atoms with Crippen molar-refractivity contribution in [1.29, 1.82) is 0 Å². The summed E-state index contributed by atoms with van der Waals surface area (Å²) in [7, 11) is 0. The van der Waals surface area contributed by atoms with Gasteiger partial charge in [0.2, 0.25) is 0 Å². The number of anilines is 1. The molecule has 0 unspecified atom stereocenters. The van der Waals surface area contributed by atoms with Gasteiger partial charge in [0.1, 0.15) is 5.82 Å². The number of hydrogen-bond donors (Lipinski definition) is 1. The molecule has 0 amide bonds. The van der Waals surface area contributed by atoms with Crippen molar-refractivity contribution in [2.24, 2.45) is 5.92 Å². The second-order valence-corrected chi connectivity index (χ2v) is 6.09. The fourth-order valence-corrected chi connectivity index (χ4v) is 3.57. The molecule has 4 heteroatoms. The van der Waals surface area contributed by atoms with Gasteiger partial charge in [-0.3, -0.25) is 0 Å². The molecule has 0 radical (unpaired) electrons. The predicted molar refractivity (Wildman–Crippen MR) is 81.0 cm³/mol. The molecule has 2 heterocycles. The average Bonchev–Trinajstić information content (AvgIpc) is 2.97. The van der Waals surface area contributed by atoms with Crippen LogP contribution in [0.15, 0.2) is 42.5 Å². The number of ether oxygens (including phenoxy) is 1. The molecule has 2 aromatic rings. The monoisotopic (exact) mass is 303 g/mol. The van der Waals surface area contributed by atoms with Crippen LogP contribution in [0, 0.1) is 11.7 Å². The maximum absolute atomic E-state index is 13.5. The molecule has 0 aromatic heterocycles. The maximum Gasteiger partial charge on any atom is 0.123 e. The Bertz CT molecular complexity index is 673. The fraction of sp³-hybridized carbons (Fsp3) is 0.294. The van der Waals surface area contributed by atoms with Crippen LogP contribution in [-0.4, -0.2) is 6.61 Å². The number of halogens is 2. The topological polar surface area (TPSA) is 21.3 Å². The van der Waals surface area contributed by atoms with Crippen molar-refractivity contribution in [2.45, 2.75) is 18.6 Å². The first kappa shape index (κ1) is 13.1. The quantitative estimate of drug-likeness (QED) is 0.823. The summed E-state index contributed by atoms with van der Waals surface area (Å²) < 4.78 is 19.4. The first-order valence-electron chi connectivity index (χ1n) is 7.15. The smallest absolute Gasteiger partial charge is 0.123 e. The highest BCUT2D eigenvalue weighted by Gasteiger charge is 2.41. The molecule has 0 bridgehead atoms. The van der Waals surface area contributed by atoms with Crippen LogP contribution in [0.25, 0.3) is 0 Å². The summed E-state index contributed by atoms with van der Waals surface area (Å²) in [6, 6.07) is 12.9. The summed E-state index contributed by atoms with van der Waals surface area (Å²) in [5.41, 5.74) is 3.08. The average molecular weight is 304 g/mol. The van der Waals surface area contributed by atoms with Gasteiger partial charge in [0.25, 0.3) is 0 Å². The van der Waals surface area contributed by atoms with E-state index in [0.717, 1.165) is 29.3 Å². The second-order valence-electron chi connectivity index (χ2n) is 5.65. The zero-order chi connectivity index (χ0) is 14.4. The van der Waals surface area contributed by atoms with Crippen molar-refractivity contribution in [3.63, 3.8) is 0 Å².